The zero-order valence-electron chi connectivity index (χ0n) is 10.8. The number of methoxy groups -OCH3 is 1. The highest BCUT2D eigenvalue weighted by Gasteiger charge is 2.04. The Morgan fingerprint density at radius 2 is 2.15 bits per heavy atom. The van der Waals surface area contributed by atoms with Gasteiger partial charge in [0.1, 0.15) is 24.8 Å². The third kappa shape index (κ3) is 3.32. The molecule has 1 heterocycles. The summed E-state index contributed by atoms with van der Waals surface area (Å²) in [5.74, 6) is 0.383. The van der Waals surface area contributed by atoms with Crippen LogP contribution in [0.15, 0.2) is 30.6 Å². The first-order valence-corrected chi connectivity index (χ1v) is 5.83. The zero-order valence-corrected chi connectivity index (χ0v) is 10.8. The minimum absolute atomic E-state index is 0.132. The maximum atomic E-state index is 11.2. The van der Waals surface area contributed by atoms with Crippen LogP contribution in [0, 0.1) is 11.3 Å². The molecule has 0 atom stereocenters. The topological polar surface area (TPSA) is 90.0 Å². The van der Waals surface area contributed by atoms with Crippen molar-refractivity contribution in [3.63, 3.8) is 0 Å². The van der Waals surface area contributed by atoms with Crippen LogP contribution in [0.1, 0.15) is 16.2 Å². The molecule has 1 aromatic heterocycles. The second kappa shape index (κ2) is 6.33. The van der Waals surface area contributed by atoms with E-state index in [-0.39, 0.29) is 11.8 Å². The molecule has 2 rings (SSSR count). The Kier molecular flexibility index (Phi) is 4.29. The fourth-order valence-electron chi connectivity index (χ4n) is 1.52. The highest BCUT2D eigenvalue weighted by atomic mass is 16.5. The molecule has 0 unspecified atom stereocenters. The molecule has 0 saturated heterocycles. The summed E-state index contributed by atoms with van der Waals surface area (Å²) in [5.41, 5.74) is 0.467. The summed E-state index contributed by atoms with van der Waals surface area (Å²) >= 11 is 0. The van der Waals surface area contributed by atoms with Crippen molar-refractivity contribution in [3.05, 3.63) is 42.0 Å². The summed E-state index contributed by atoms with van der Waals surface area (Å²) in [4.78, 5) is 15.0. The molecule has 7 heteroatoms. The molecule has 0 saturated carbocycles. The van der Waals surface area contributed by atoms with Crippen LogP contribution < -0.4 is 4.74 Å². The first kappa shape index (κ1) is 13.5. The van der Waals surface area contributed by atoms with Crippen LogP contribution >= 0.6 is 0 Å². The molecule has 0 fully saturated rings. The van der Waals surface area contributed by atoms with Crippen molar-refractivity contribution in [1.29, 1.82) is 5.26 Å². The van der Waals surface area contributed by atoms with E-state index in [1.807, 2.05) is 6.07 Å². The Morgan fingerprint density at radius 3 is 2.75 bits per heavy atom. The van der Waals surface area contributed by atoms with E-state index >= 15 is 0 Å². The maximum absolute atomic E-state index is 11.2. The smallest absolute Gasteiger partial charge is 0.337 e. The fourth-order valence-corrected chi connectivity index (χ4v) is 1.52. The van der Waals surface area contributed by atoms with E-state index in [0.29, 0.717) is 24.5 Å². The van der Waals surface area contributed by atoms with Crippen molar-refractivity contribution in [3.8, 4) is 11.8 Å². The minimum atomic E-state index is -0.386. The summed E-state index contributed by atoms with van der Waals surface area (Å²) in [7, 11) is 1.33. The highest BCUT2D eigenvalue weighted by Crippen LogP contribution is 2.12. The molecular weight excluding hydrogens is 260 g/mol. The molecule has 0 aliphatic heterocycles. The second-order valence-electron chi connectivity index (χ2n) is 3.81. The molecule has 0 aliphatic carbocycles. The summed E-state index contributed by atoms with van der Waals surface area (Å²) in [6.45, 7) is 0.860. The average Bonchev–Trinajstić information content (AvgIpc) is 2.95. The summed E-state index contributed by atoms with van der Waals surface area (Å²) in [5, 5.41) is 12.5. The van der Waals surface area contributed by atoms with Gasteiger partial charge in [-0.1, -0.05) is 0 Å². The van der Waals surface area contributed by atoms with Crippen molar-refractivity contribution < 1.29 is 14.3 Å². The van der Waals surface area contributed by atoms with Gasteiger partial charge in [0.15, 0.2) is 0 Å². The van der Waals surface area contributed by atoms with Gasteiger partial charge in [0.05, 0.1) is 19.2 Å². The predicted octanol–water partition coefficient (Wildman–Crippen LogP) is 1.02. The number of nitrogens with zero attached hydrogens (tertiary/aromatic N) is 4. The maximum Gasteiger partial charge on any atom is 0.337 e. The van der Waals surface area contributed by atoms with E-state index in [9.17, 15) is 4.79 Å². The number of nitriles is 1. The van der Waals surface area contributed by atoms with Crippen molar-refractivity contribution in [2.24, 2.45) is 0 Å². The summed E-state index contributed by atoms with van der Waals surface area (Å²) in [6, 6.07) is 8.49. The van der Waals surface area contributed by atoms with Crippen molar-refractivity contribution in [2.45, 2.75) is 6.54 Å². The summed E-state index contributed by atoms with van der Waals surface area (Å²) < 4.78 is 11.6. The molecule has 0 N–H and O–H groups in total. The lowest BCUT2D eigenvalue weighted by atomic mass is 10.2. The van der Waals surface area contributed by atoms with Gasteiger partial charge in [-0.2, -0.15) is 5.26 Å². The average molecular weight is 272 g/mol. The van der Waals surface area contributed by atoms with Crippen molar-refractivity contribution in [2.75, 3.05) is 13.7 Å². The predicted molar refractivity (Wildman–Crippen MR) is 68.0 cm³/mol. The Labute approximate surface area is 115 Å². The molecule has 1 aromatic carbocycles. The molecule has 0 radical (unpaired) electrons. The van der Waals surface area contributed by atoms with E-state index in [1.165, 1.54) is 18.1 Å². The number of benzene rings is 1. The molecule has 7 nitrogen and oxygen atoms in total. The van der Waals surface area contributed by atoms with E-state index in [2.05, 4.69) is 14.8 Å². The fraction of sp³-hybridized carbons (Fsp3) is 0.231. The first-order valence-electron chi connectivity index (χ1n) is 5.83. The van der Waals surface area contributed by atoms with Crippen LogP contribution in [0.4, 0.5) is 0 Å². The number of ether oxygens (including phenoxy) is 2. The lowest BCUT2D eigenvalue weighted by Crippen LogP contribution is -2.09. The molecule has 0 spiro atoms. The third-order valence-corrected chi connectivity index (χ3v) is 2.50. The Morgan fingerprint density at radius 1 is 1.40 bits per heavy atom. The largest absolute Gasteiger partial charge is 0.492 e. The minimum Gasteiger partial charge on any atom is -0.492 e. The molecule has 102 valence electrons. The van der Waals surface area contributed by atoms with Gasteiger partial charge in [0, 0.05) is 0 Å². The standard InChI is InChI=1S/C13H12N4O3/c1-19-13(18)10-2-4-11(5-3-10)20-7-6-17-9-15-12(8-14)16-17/h2-5,9H,6-7H2,1H3. The molecule has 0 aliphatic rings. The number of carbonyl (C=O) groups excluding carboxylic acids is 1. The molecular formula is C13H12N4O3. The SMILES string of the molecule is COC(=O)c1ccc(OCCn2cnc(C#N)n2)cc1. The third-order valence-electron chi connectivity index (χ3n) is 2.50. The van der Waals surface area contributed by atoms with Gasteiger partial charge in [-0.25, -0.2) is 14.5 Å². The number of hydrogen-bond acceptors (Lipinski definition) is 6. The van der Waals surface area contributed by atoms with Gasteiger partial charge in [-0.05, 0) is 24.3 Å². The zero-order chi connectivity index (χ0) is 14.4. The van der Waals surface area contributed by atoms with Gasteiger partial charge < -0.3 is 9.47 Å². The van der Waals surface area contributed by atoms with Crippen LogP contribution in [-0.2, 0) is 11.3 Å². The van der Waals surface area contributed by atoms with Crippen LogP contribution in [0.3, 0.4) is 0 Å². The van der Waals surface area contributed by atoms with Crippen molar-refractivity contribution >= 4 is 5.97 Å². The molecule has 2 aromatic rings. The van der Waals surface area contributed by atoms with Crippen molar-refractivity contribution in [1.82, 2.24) is 14.8 Å². The van der Waals surface area contributed by atoms with Crippen LogP contribution in [0.25, 0.3) is 0 Å². The monoisotopic (exact) mass is 272 g/mol. The summed E-state index contributed by atoms with van der Waals surface area (Å²) in [6.07, 6.45) is 1.47. The Hall–Kier alpha value is -2.88. The van der Waals surface area contributed by atoms with E-state index in [1.54, 1.807) is 24.3 Å². The van der Waals surface area contributed by atoms with E-state index in [0.717, 1.165) is 0 Å². The van der Waals surface area contributed by atoms with Crippen LogP contribution in [0.2, 0.25) is 0 Å². The van der Waals surface area contributed by atoms with Gasteiger partial charge in [-0.15, -0.1) is 5.10 Å². The number of hydrogen-bond donors (Lipinski definition) is 0. The van der Waals surface area contributed by atoms with Crippen LogP contribution in [-0.4, -0.2) is 34.5 Å². The second-order valence-corrected chi connectivity index (χ2v) is 3.81. The lowest BCUT2D eigenvalue weighted by molar-refractivity contribution is 0.0600. The Bertz CT molecular complexity index is 628. The first-order chi connectivity index (χ1) is 9.72. The normalized spacial score (nSPS) is 9.80. The van der Waals surface area contributed by atoms with Gasteiger partial charge in [0.2, 0.25) is 0 Å². The number of esters is 1. The molecule has 20 heavy (non-hydrogen) atoms. The molecule has 0 amide bonds. The highest BCUT2D eigenvalue weighted by molar-refractivity contribution is 5.89. The van der Waals surface area contributed by atoms with Crippen LogP contribution in [0.5, 0.6) is 5.75 Å². The molecule has 0 bridgehead atoms. The lowest BCUT2D eigenvalue weighted by Gasteiger charge is -2.06. The quantitative estimate of drug-likeness (QED) is 0.755. The van der Waals surface area contributed by atoms with E-state index in [4.69, 9.17) is 10.00 Å². The Balaban J connectivity index is 1.85. The number of aromatic nitrogens is 3. The van der Waals surface area contributed by atoms with Gasteiger partial charge in [0.25, 0.3) is 5.82 Å². The number of carbonyl (C=O) groups is 1. The van der Waals surface area contributed by atoms with Gasteiger partial charge >= 0.3 is 5.97 Å². The number of rotatable bonds is 5. The van der Waals surface area contributed by atoms with Gasteiger partial charge in [-0.3, -0.25) is 0 Å². The van der Waals surface area contributed by atoms with E-state index < -0.39 is 0 Å².